The quantitative estimate of drug-likeness (QED) is 0.205. The number of ether oxygens (including phenoxy) is 2. The second-order valence-electron chi connectivity index (χ2n) is 11.0. The summed E-state index contributed by atoms with van der Waals surface area (Å²) in [7, 11) is -1.95. The van der Waals surface area contributed by atoms with Gasteiger partial charge in [0.2, 0.25) is 21.8 Å². The van der Waals surface area contributed by atoms with Gasteiger partial charge in [0, 0.05) is 45.2 Å². The van der Waals surface area contributed by atoms with E-state index in [0.29, 0.717) is 44.8 Å². The van der Waals surface area contributed by atoms with Gasteiger partial charge in [-0.1, -0.05) is 54.6 Å². The number of nitrogens with zero attached hydrogens (tertiary/aromatic N) is 1. The van der Waals surface area contributed by atoms with E-state index in [9.17, 15) is 18.0 Å². The highest BCUT2D eigenvalue weighted by atomic mass is 32.2. The van der Waals surface area contributed by atoms with Crippen LogP contribution in [0.25, 0.3) is 0 Å². The molecule has 0 aliphatic heterocycles. The minimum absolute atomic E-state index is 0.0275. The highest BCUT2D eigenvalue weighted by molar-refractivity contribution is 7.89. The fourth-order valence-electron chi connectivity index (χ4n) is 4.85. The molecule has 0 heterocycles. The highest BCUT2D eigenvalue weighted by Crippen LogP contribution is 2.23. The number of nitrogens with one attached hydrogen (secondary N) is 2. The molecule has 10 heteroatoms. The molecule has 1 fully saturated rings. The molecule has 1 aliphatic carbocycles. The maximum absolute atomic E-state index is 13.9. The molecule has 9 nitrogen and oxygen atoms in total. The molecule has 0 bridgehead atoms. The first-order valence-corrected chi connectivity index (χ1v) is 16.7. The summed E-state index contributed by atoms with van der Waals surface area (Å²) < 4.78 is 38.5. The van der Waals surface area contributed by atoms with Crippen LogP contribution in [0.15, 0.2) is 83.8 Å². The number of sulfonamides is 1. The fraction of sp³-hybridized carbons (Fsp3) is 0.412. The fourth-order valence-corrected chi connectivity index (χ4v) is 6.15. The maximum atomic E-state index is 13.9. The van der Waals surface area contributed by atoms with E-state index in [0.717, 1.165) is 29.5 Å². The first kappa shape index (κ1) is 33.2. The second-order valence-corrected chi connectivity index (χ2v) is 12.7. The van der Waals surface area contributed by atoms with Crippen molar-refractivity contribution >= 4 is 21.8 Å². The average Bonchev–Trinajstić information content (AvgIpc) is 3.85. The van der Waals surface area contributed by atoms with E-state index < -0.39 is 16.1 Å². The lowest BCUT2D eigenvalue weighted by Gasteiger charge is -2.32. The Kier molecular flexibility index (Phi) is 12.3. The molecule has 2 amide bonds. The van der Waals surface area contributed by atoms with Crippen molar-refractivity contribution in [3.8, 4) is 5.75 Å². The summed E-state index contributed by atoms with van der Waals surface area (Å²) in [5.41, 5.74) is 2.67. The summed E-state index contributed by atoms with van der Waals surface area (Å²) in [6.45, 7) is 3.78. The Labute approximate surface area is 261 Å². The zero-order chi connectivity index (χ0) is 31.4. The summed E-state index contributed by atoms with van der Waals surface area (Å²) in [6.07, 6.45) is 3.33. The summed E-state index contributed by atoms with van der Waals surface area (Å²) in [4.78, 5) is 29.5. The lowest BCUT2D eigenvalue weighted by molar-refractivity contribution is -0.141. The van der Waals surface area contributed by atoms with Gasteiger partial charge in [0.25, 0.3) is 0 Å². The molecule has 1 saturated carbocycles. The van der Waals surface area contributed by atoms with Crippen LogP contribution in [0.2, 0.25) is 0 Å². The molecule has 0 unspecified atom stereocenters. The summed E-state index contributed by atoms with van der Waals surface area (Å²) in [6, 6.07) is 23.1. The molecule has 0 radical (unpaired) electrons. The van der Waals surface area contributed by atoms with E-state index in [-0.39, 0.29) is 35.7 Å². The van der Waals surface area contributed by atoms with Gasteiger partial charge in [-0.2, -0.15) is 0 Å². The lowest BCUT2D eigenvalue weighted by atomic mass is 10.0. The standard InChI is InChI=1S/C34H43N3O6S/c1-3-43-23-7-22-35-34(39)32(24-27-8-5-4-6-9-27)37(25-28-10-17-30(42-2)18-11-28)33(38)21-14-26-12-19-31(20-13-26)44(40,41)36-29-15-16-29/h4-6,8-13,17-20,29,32,36H,3,7,14-16,21-25H2,1-2H3,(H,35,39)/t32-/m0/s1. The van der Waals surface area contributed by atoms with E-state index >= 15 is 0 Å². The number of hydrogen-bond donors (Lipinski definition) is 2. The molecule has 44 heavy (non-hydrogen) atoms. The first-order chi connectivity index (χ1) is 21.3. The van der Waals surface area contributed by atoms with Gasteiger partial charge in [-0.3, -0.25) is 9.59 Å². The van der Waals surface area contributed by atoms with Crippen LogP contribution in [0, 0.1) is 0 Å². The first-order valence-electron chi connectivity index (χ1n) is 15.2. The maximum Gasteiger partial charge on any atom is 0.243 e. The van der Waals surface area contributed by atoms with Crippen molar-refractivity contribution in [1.29, 1.82) is 0 Å². The van der Waals surface area contributed by atoms with E-state index in [4.69, 9.17) is 9.47 Å². The number of carbonyl (C=O) groups is 2. The average molecular weight is 622 g/mol. The van der Waals surface area contributed by atoms with Gasteiger partial charge in [0.15, 0.2) is 0 Å². The van der Waals surface area contributed by atoms with Gasteiger partial charge in [-0.25, -0.2) is 13.1 Å². The predicted molar refractivity (Wildman–Crippen MR) is 170 cm³/mol. The number of amides is 2. The Bertz CT molecular complexity index is 1440. The van der Waals surface area contributed by atoms with Crippen LogP contribution in [0.1, 0.15) is 49.3 Å². The van der Waals surface area contributed by atoms with Crippen molar-refractivity contribution in [3.63, 3.8) is 0 Å². The molecule has 1 aliphatic rings. The Hall–Kier alpha value is -3.73. The Morgan fingerprint density at radius 3 is 2.25 bits per heavy atom. The third kappa shape index (κ3) is 10.2. The van der Waals surface area contributed by atoms with Gasteiger partial charge < -0.3 is 19.7 Å². The number of hydrogen-bond acceptors (Lipinski definition) is 6. The topological polar surface area (TPSA) is 114 Å². The van der Waals surface area contributed by atoms with Gasteiger partial charge in [0.05, 0.1) is 12.0 Å². The van der Waals surface area contributed by atoms with Crippen molar-refractivity contribution in [3.05, 3.63) is 95.6 Å². The number of rotatable bonds is 18. The van der Waals surface area contributed by atoms with Crippen molar-refractivity contribution in [1.82, 2.24) is 14.9 Å². The molecular formula is C34H43N3O6S. The van der Waals surface area contributed by atoms with Crippen molar-refractivity contribution in [2.75, 3.05) is 26.9 Å². The van der Waals surface area contributed by atoms with Crippen LogP contribution in [0.3, 0.4) is 0 Å². The smallest absolute Gasteiger partial charge is 0.243 e. The Morgan fingerprint density at radius 1 is 0.932 bits per heavy atom. The largest absolute Gasteiger partial charge is 0.497 e. The van der Waals surface area contributed by atoms with Crippen molar-refractivity contribution in [2.24, 2.45) is 0 Å². The third-order valence-electron chi connectivity index (χ3n) is 7.51. The minimum Gasteiger partial charge on any atom is -0.497 e. The second kappa shape index (κ2) is 16.4. The van der Waals surface area contributed by atoms with Gasteiger partial charge in [-0.05, 0) is 73.6 Å². The molecule has 0 saturated heterocycles. The monoisotopic (exact) mass is 621 g/mol. The van der Waals surface area contributed by atoms with E-state index in [2.05, 4.69) is 10.0 Å². The van der Waals surface area contributed by atoms with Crippen LogP contribution in [-0.2, 0) is 43.7 Å². The summed E-state index contributed by atoms with van der Waals surface area (Å²) >= 11 is 0. The molecule has 0 spiro atoms. The van der Waals surface area contributed by atoms with Crippen LogP contribution >= 0.6 is 0 Å². The molecule has 1 atom stereocenters. The number of benzene rings is 3. The Balaban J connectivity index is 1.52. The Morgan fingerprint density at radius 2 is 1.61 bits per heavy atom. The molecule has 3 aromatic carbocycles. The number of methoxy groups -OCH3 is 1. The van der Waals surface area contributed by atoms with Gasteiger partial charge >= 0.3 is 0 Å². The molecule has 236 valence electrons. The predicted octanol–water partition coefficient (Wildman–Crippen LogP) is 4.25. The van der Waals surface area contributed by atoms with Gasteiger partial charge in [-0.15, -0.1) is 0 Å². The normalized spacial score (nSPS) is 13.7. The van der Waals surface area contributed by atoms with Crippen LogP contribution in [-0.4, -0.2) is 64.1 Å². The minimum atomic E-state index is -3.55. The zero-order valence-corrected chi connectivity index (χ0v) is 26.4. The molecular weight excluding hydrogens is 578 g/mol. The van der Waals surface area contributed by atoms with E-state index in [1.165, 1.54) is 0 Å². The molecule has 4 rings (SSSR count). The number of carbonyl (C=O) groups excluding carboxylic acids is 2. The molecule has 2 N–H and O–H groups in total. The van der Waals surface area contributed by atoms with Crippen LogP contribution < -0.4 is 14.8 Å². The third-order valence-corrected chi connectivity index (χ3v) is 9.05. The highest BCUT2D eigenvalue weighted by Gasteiger charge is 2.30. The van der Waals surface area contributed by atoms with Crippen molar-refractivity contribution < 1.29 is 27.5 Å². The lowest BCUT2D eigenvalue weighted by Crippen LogP contribution is -2.50. The van der Waals surface area contributed by atoms with E-state index in [1.54, 1.807) is 36.3 Å². The molecule has 3 aromatic rings. The summed E-state index contributed by atoms with van der Waals surface area (Å²) in [5.74, 6) is 0.320. The van der Waals surface area contributed by atoms with Crippen LogP contribution in [0.5, 0.6) is 5.75 Å². The SMILES string of the molecule is CCOCCCNC(=O)[C@H](Cc1ccccc1)N(Cc1ccc(OC)cc1)C(=O)CCc1ccc(S(=O)(=O)NC2CC2)cc1. The van der Waals surface area contributed by atoms with Crippen molar-refractivity contribution in [2.45, 2.75) is 69.0 Å². The van der Waals surface area contributed by atoms with E-state index in [1.807, 2.05) is 61.5 Å². The summed E-state index contributed by atoms with van der Waals surface area (Å²) in [5, 5.41) is 3.02. The zero-order valence-electron chi connectivity index (χ0n) is 25.5. The molecule has 0 aromatic heterocycles. The van der Waals surface area contributed by atoms with Crippen LogP contribution in [0.4, 0.5) is 0 Å². The van der Waals surface area contributed by atoms with Gasteiger partial charge in [0.1, 0.15) is 11.8 Å². The number of aryl methyl sites for hydroxylation is 1.